The van der Waals surface area contributed by atoms with Gasteiger partial charge in [-0.05, 0) is 80.4 Å². The minimum absolute atomic E-state index is 0.0149. The highest BCUT2D eigenvalue weighted by molar-refractivity contribution is 7.89. The highest BCUT2D eigenvalue weighted by atomic mass is 32.2. The summed E-state index contributed by atoms with van der Waals surface area (Å²) in [5.41, 5.74) is -0.602. The van der Waals surface area contributed by atoms with E-state index in [-0.39, 0.29) is 35.5 Å². The summed E-state index contributed by atoms with van der Waals surface area (Å²) in [4.78, 5) is 12.3. The van der Waals surface area contributed by atoms with Gasteiger partial charge in [-0.1, -0.05) is 6.07 Å². The molecule has 5 fully saturated rings. The lowest BCUT2D eigenvalue weighted by molar-refractivity contribution is -0.393. The van der Waals surface area contributed by atoms with Crippen LogP contribution in [0.4, 0.5) is 18.0 Å². The fraction of sp³-hybridized carbons (Fsp3) is 0.696. The summed E-state index contributed by atoms with van der Waals surface area (Å²) < 4.78 is 66.3. The number of nitrogens with zero attached hydrogens (tertiary/aromatic N) is 1. The molecule has 5 aliphatic rings. The van der Waals surface area contributed by atoms with Crippen LogP contribution >= 0.6 is 0 Å². The molecule has 3 unspecified atom stereocenters. The molecule has 0 radical (unpaired) electrons. The van der Waals surface area contributed by atoms with Gasteiger partial charge in [0, 0.05) is 30.6 Å². The second kappa shape index (κ2) is 6.87. The lowest BCUT2D eigenvalue weighted by Crippen LogP contribution is -2.93. The molecule has 33 heavy (non-hydrogen) atoms. The van der Waals surface area contributed by atoms with E-state index >= 15 is 0 Å². The number of alkyl halides is 3. The van der Waals surface area contributed by atoms with Gasteiger partial charge in [0.2, 0.25) is 10.0 Å². The topological polar surface area (TPSA) is 78.5 Å². The molecule has 1 aliphatic heterocycles. The lowest BCUT2D eigenvalue weighted by atomic mass is 9.15. The third kappa shape index (κ3) is 2.89. The van der Waals surface area contributed by atoms with E-state index in [1.807, 2.05) is 0 Å². The predicted molar refractivity (Wildman–Crippen MR) is 114 cm³/mol. The number of amides is 2. The van der Waals surface area contributed by atoms with Crippen LogP contribution in [0.1, 0.15) is 44.1 Å². The number of halogens is 3. The molecule has 1 aromatic rings. The van der Waals surface area contributed by atoms with Crippen molar-refractivity contribution in [2.45, 2.75) is 55.1 Å². The highest BCUT2D eigenvalue weighted by Crippen LogP contribution is 2.89. The zero-order chi connectivity index (χ0) is 23.2. The van der Waals surface area contributed by atoms with Gasteiger partial charge in [0.05, 0.1) is 10.5 Å². The second-order valence-corrected chi connectivity index (χ2v) is 12.7. The van der Waals surface area contributed by atoms with Gasteiger partial charge in [-0.2, -0.15) is 17.5 Å². The molecule has 6 nitrogen and oxygen atoms in total. The Morgan fingerprint density at radius 3 is 2.52 bits per heavy atom. The standard InChI is InChI=1S/C23H28F3N3O3S/c24-23(25,26)15-4-1-5-19(9-15)33(31,32)29-6-2-3-14(13-29)12-27-20(30)28-21-10-17-7-16-8-18(11-21)22(16,17)21/h1,4-5,9,14,16-18H,2-3,6-8,10-13H2,(H2,27,28,30). The average Bonchev–Trinajstić information content (AvgIpc) is 2.72. The molecular weight excluding hydrogens is 455 g/mol. The summed E-state index contributed by atoms with van der Waals surface area (Å²) in [6.45, 7) is 0.789. The Morgan fingerprint density at radius 2 is 1.88 bits per heavy atom. The molecular formula is C23H28F3N3O3S. The number of nitrogens with one attached hydrogen (secondary N) is 2. The Balaban J connectivity index is 1.06. The monoisotopic (exact) mass is 483 g/mol. The van der Waals surface area contributed by atoms with Crippen molar-refractivity contribution in [2.24, 2.45) is 29.1 Å². The normalized spacial score (nSPS) is 39.0. The van der Waals surface area contributed by atoms with E-state index in [1.165, 1.54) is 23.2 Å². The van der Waals surface area contributed by atoms with E-state index in [2.05, 4.69) is 10.6 Å². The van der Waals surface area contributed by atoms with Crippen LogP contribution in [0.5, 0.6) is 0 Å². The van der Waals surface area contributed by atoms with Gasteiger partial charge in [0.15, 0.2) is 0 Å². The van der Waals surface area contributed by atoms with Crippen LogP contribution in [0.2, 0.25) is 0 Å². The van der Waals surface area contributed by atoms with Crippen molar-refractivity contribution in [1.29, 1.82) is 0 Å². The highest BCUT2D eigenvalue weighted by Gasteiger charge is 2.88. The maximum Gasteiger partial charge on any atom is 0.416 e. The first kappa shape index (κ1) is 21.7. The molecule has 1 aromatic carbocycles. The number of sulfonamides is 1. The minimum Gasteiger partial charge on any atom is -0.338 e. The lowest BCUT2D eigenvalue weighted by Gasteiger charge is -2.90. The van der Waals surface area contributed by atoms with Crippen molar-refractivity contribution >= 4 is 16.1 Å². The Bertz CT molecular complexity index is 1080. The van der Waals surface area contributed by atoms with Crippen LogP contribution in [-0.4, -0.2) is 43.9 Å². The molecule has 2 amide bonds. The summed E-state index contributed by atoms with van der Waals surface area (Å²) in [6.07, 6.45) is 1.56. The summed E-state index contributed by atoms with van der Waals surface area (Å²) in [5, 5.41) is 6.19. The molecule has 180 valence electrons. The van der Waals surface area contributed by atoms with Gasteiger partial charge in [-0.15, -0.1) is 0 Å². The van der Waals surface area contributed by atoms with E-state index in [0.717, 1.165) is 49.1 Å². The minimum atomic E-state index is -4.60. The summed E-state index contributed by atoms with van der Waals surface area (Å²) in [7, 11) is -4.04. The van der Waals surface area contributed by atoms with Gasteiger partial charge in [0.1, 0.15) is 0 Å². The number of rotatable bonds is 5. The molecule has 3 atom stereocenters. The summed E-state index contributed by atoms with van der Waals surface area (Å²) >= 11 is 0. The number of urea groups is 1. The van der Waals surface area contributed by atoms with Crippen molar-refractivity contribution < 1.29 is 26.4 Å². The molecule has 4 saturated carbocycles. The van der Waals surface area contributed by atoms with Crippen molar-refractivity contribution in [3.05, 3.63) is 29.8 Å². The number of carbonyl (C=O) groups excluding carboxylic acids is 1. The van der Waals surface area contributed by atoms with Gasteiger partial charge in [-0.3, -0.25) is 0 Å². The largest absolute Gasteiger partial charge is 0.416 e. The number of piperidine rings is 1. The molecule has 10 heteroatoms. The molecule has 2 N–H and O–H groups in total. The van der Waals surface area contributed by atoms with Gasteiger partial charge < -0.3 is 10.6 Å². The van der Waals surface area contributed by atoms with Crippen LogP contribution in [0.3, 0.4) is 0 Å². The van der Waals surface area contributed by atoms with Crippen LogP contribution < -0.4 is 10.6 Å². The summed E-state index contributed by atoms with van der Waals surface area (Å²) in [6, 6.07) is 3.69. The molecule has 0 bridgehead atoms. The van der Waals surface area contributed by atoms with Gasteiger partial charge >= 0.3 is 12.2 Å². The van der Waals surface area contributed by atoms with Crippen LogP contribution in [0, 0.1) is 29.1 Å². The third-order valence-electron chi connectivity index (χ3n) is 9.37. The smallest absolute Gasteiger partial charge is 0.338 e. The zero-order valence-electron chi connectivity index (χ0n) is 18.2. The molecule has 1 saturated heterocycles. The molecule has 0 aromatic heterocycles. The SMILES string of the molecule is O=C(NCC1CCCN(S(=O)(=O)c2cccc(C(F)(F)F)c2)C1)NC12CC3CC4CC(C1)C432. The van der Waals surface area contributed by atoms with E-state index in [1.54, 1.807) is 0 Å². The molecule has 6 rings (SSSR count). The van der Waals surface area contributed by atoms with E-state index < -0.39 is 21.8 Å². The van der Waals surface area contributed by atoms with Crippen molar-refractivity contribution in [2.75, 3.05) is 19.6 Å². The van der Waals surface area contributed by atoms with Crippen molar-refractivity contribution in [1.82, 2.24) is 14.9 Å². The number of benzene rings is 1. The maximum atomic E-state index is 13.0. The Morgan fingerprint density at radius 1 is 1.15 bits per heavy atom. The number of hydrogen-bond acceptors (Lipinski definition) is 3. The first-order chi connectivity index (χ1) is 15.6. The average molecular weight is 484 g/mol. The number of hydrogen-bond donors (Lipinski definition) is 2. The first-order valence-corrected chi connectivity index (χ1v) is 13.2. The Labute approximate surface area is 191 Å². The van der Waals surface area contributed by atoms with Crippen LogP contribution in [0.25, 0.3) is 0 Å². The van der Waals surface area contributed by atoms with Gasteiger partial charge in [-0.25, -0.2) is 13.2 Å². The maximum absolute atomic E-state index is 13.0. The Kier molecular flexibility index (Phi) is 4.52. The van der Waals surface area contributed by atoms with E-state index in [9.17, 15) is 26.4 Å². The van der Waals surface area contributed by atoms with E-state index in [4.69, 9.17) is 0 Å². The quantitative estimate of drug-likeness (QED) is 0.672. The van der Waals surface area contributed by atoms with E-state index in [0.29, 0.717) is 24.4 Å². The van der Waals surface area contributed by atoms with Crippen molar-refractivity contribution in [3.63, 3.8) is 0 Å². The fourth-order valence-electron chi connectivity index (χ4n) is 8.04. The Hall–Kier alpha value is -1.81. The molecule has 4 aliphatic carbocycles. The molecule has 1 spiro atoms. The number of carbonyl (C=O) groups is 1. The first-order valence-electron chi connectivity index (χ1n) is 11.8. The van der Waals surface area contributed by atoms with Gasteiger partial charge in [0.25, 0.3) is 0 Å². The summed E-state index contributed by atoms with van der Waals surface area (Å²) in [5.74, 6) is 2.30. The second-order valence-electron chi connectivity index (χ2n) is 10.7. The third-order valence-corrected chi connectivity index (χ3v) is 11.2. The van der Waals surface area contributed by atoms with Crippen LogP contribution in [0.15, 0.2) is 29.2 Å². The fourth-order valence-corrected chi connectivity index (χ4v) is 9.64. The molecule has 1 heterocycles. The van der Waals surface area contributed by atoms with Crippen LogP contribution in [-0.2, 0) is 16.2 Å². The van der Waals surface area contributed by atoms with Crippen molar-refractivity contribution in [3.8, 4) is 0 Å². The predicted octanol–water partition coefficient (Wildman–Crippen LogP) is 3.59. The zero-order valence-corrected chi connectivity index (χ0v) is 19.0.